The largest absolute Gasteiger partial charge is 0.428 e. The SMILES string of the molecule is Clc1cc(Br)ccc1Oc1nnc(Br)s1. The lowest BCUT2D eigenvalue weighted by Gasteiger charge is -2.03. The van der Waals surface area contributed by atoms with Crippen LogP contribution in [0.3, 0.4) is 0 Å². The second-order valence-electron chi connectivity index (χ2n) is 2.50. The van der Waals surface area contributed by atoms with Gasteiger partial charge in [-0.3, -0.25) is 0 Å². The molecule has 0 N–H and O–H groups in total. The average Bonchev–Trinajstić information content (AvgIpc) is 2.56. The average molecular weight is 370 g/mol. The van der Waals surface area contributed by atoms with Crippen molar-refractivity contribution < 1.29 is 4.74 Å². The van der Waals surface area contributed by atoms with E-state index in [0.29, 0.717) is 19.9 Å². The Hall–Kier alpha value is -0.170. The molecule has 2 aromatic rings. The number of hydrogen-bond acceptors (Lipinski definition) is 4. The second-order valence-corrected chi connectivity index (χ2v) is 6.04. The first-order chi connectivity index (χ1) is 7.15. The molecule has 0 saturated carbocycles. The number of benzene rings is 1. The number of rotatable bonds is 2. The van der Waals surface area contributed by atoms with Gasteiger partial charge in [-0.1, -0.05) is 32.6 Å². The molecule has 0 bridgehead atoms. The Bertz CT molecular complexity index is 491. The highest BCUT2D eigenvalue weighted by Crippen LogP contribution is 2.33. The van der Waals surface area contributed by atoms with E-state index in [1.54, 1.807) is 12.1 Å². The highest BCUT2D eigenvalue weighted by Gasteiger charge is 2.07. The molecule has 0 aliphatic heterocycles. The zero-order valence-electron chi connectivity index (χ0n) is 7.08. The lowest BCUT2D eigenvalue weighted by molar-refractivity contribution is 0.473. The predicted molar refractivity (Wildman–Crippen MR) is 66.8 cm³/mol. The van der Waals surface area contributed by atoms with Gasteiger partial charge in [0.15, 0.2) is 3.92 Å². The Morgan fingerprint density at radius 3 is 2.67 bits per heavy atom. The lowest BCUT2D eigenvalue weighted by atomic mass is 10.3. The molecular formula is C8H3Br2ClN2OS. The molecular weight excluding hydrogens is 367 g/mol. The number of halogens is 3. The number of ether oxygens (including phenoxy) is 1. The minimum absolute atomic E-state index is 0.450. The van der Waals surface area contributed by atoms with Crippen LogP contribution in [0.25, 0.3) is 0 Å². The number of aromatic nitrogens is 2. The van der Waals surface area contributed by atoms with Crippen LogP contribution in [0.5, 0.6) is 10.9 Å². The highest BCUT2D eigenvalue weighted by atomic mass is 79.9. The van der Waals surface area contributed by atoms with Crippen LogP contribution in [0.1, 0.15) is 0 Å². The van der Waals surface area contributed by atoms with Crippen molar-refractivity contribution in [1.82, 2.24) is 10.2 Å². The van der Waals surface area contributed by atoms with Gasteiger partial charge >= 0.3 is 0 Å². The Morgan fingerprint density at radius 1 is 1.27 bits per heavy atom. The molecule has 0 spiro atoms. The monoisotopic (exact) mass is 368 g/mol. The molecule has 0 fully saturated rings. The summed E-state index contributed by atoms with van der Waals surface area (Å²) in [6, 6.07) is 5.37. The van der Waals surface area contributed by atoms with Crippen LogP contribution in [0.15, 0.2) is 26.6 Å². The lowest BCUT2D eigenvalue weighted by Crippen LogP contribution is -1.84. The van der Waals surface area contributed by atoms with Crippen molar-refractivity contribution in [1.29, 1.82) is 0 Å². The van der Waals surface area contributed by atoms with Gasteiger partial charge in [0.25, 0.3) is 5.19 Å². The molecule has 0 amide bonds. The first-order valence-corrected chi connectivity index (χ1v) is 6.55. The van der Waals surface area contributed by atoms with Gasteiger partial charge in [0, 0.05) is 4.47 Å². The van der Waals surface area contributed by atoms with Gasteiger partial charge in [-0.25, -0.2) is 0 Å². The molecule has 3 nitrogen and oxygen atoms in total. The van der Waals surface area contributed by atoms with Crippen molar-refractivity contribution in [3.63, 3.8) is 0 Å². The first kappa shape index (κ1) is 11.3. The molecule has 0 atom stereocenters. The topological polar surface area (TPSA) is 35.0 Å². The van der Waals surface area contributed by atoms with Gasteiger partial charge in [0.05, 0.1) is 5.02 Å². The summed E-state index contributed by atoms with van der Waals surface area (Å²) >= 11 is 13.8. The smallest absolute Gasteiger partial charge is 0.300 e. The Kier molecular flexibility index (Phi) is 3.60. The molecule has 0 aliphatic rings. The summed E-state index contributed by atoms with van der Waals surface area (Å²) in [5.74, 6) is 0.559. The fourth-order valence-electron chi connectivity index (χ4n) is 0.886. The predicted octanol–water partition coefficient (Wildman–Crippen LogP) is 4.51. The molecule has 0 aliphatic carbocycles. The summed E-state index contributed by atoms with van der Waals surface area (Å²) in [5, 5.41) is 8.55. The molecule has 1 aromatic heterocycles. The van der Waals surface area contributed by atoms with E-state index in [2.05, 4.69) is 42.1 Å². The maximum absolute atomic E-state index is 5.98. The summed E-state index contributed by atoms with van der Waals surface area (Å²) < 4.78 is 7.02. The quantitative estimate of drug-likeness (QED) is 0.780. The molecule has 1 aromatic carbocycles. The van der Waals surface area contributed by atoms with Crippen LogP contribution in [0.2, 0.25) is 5.02 Å². The highest BCUT2D eigenvalue weighted by molar-refractivity contribution is 9.11. The van der Waals surface area contributed by atoms with Crippen LogP contribution >= 0.6 is 54.8 Å². The maximum atomic E-state index is 5.98. The Morgan fingerprint density at radius 2 is 2.07 bits per heavy atom. The van der Waals surface area contributed by atoms with Crippen molar-refractivity contribution in [2.75, 3.05) is 0 Å². The standard InChI is InChI=1S/C8H3Br2ClN2OS/c9-4-1-2-6(5(11)3-4)14-8-13-12-7(10)15-8/h1-3H. The van der Waals surface area contributed by atoms with Gasteiger partial charge in [-0.05, 0) is 45.5 Å². The summed E-state index contributed by atoms with van der Waals surface area (Å²) in [6.07, 6.45) is 0. The molecule has 15 heavy (non-hydrogen) atoms. The van der Waals surface area contributed by atoms with E-state index in [1.807, 2.05) is 6.07 Å². The van der Waals surface area contributed by atoms with Crippen LogP contribution in [-0.4, -0.2) is 10.2 Å². The van der Waals surface area contributed by atoms with E-state index in [0.717, 1.165) is 4.47 Å². The molecule has 78 valence electrons. The van der Waals surface area contributed by atoms with E-state index in [9.17, 15) is 0 Å². The van der Waals surface area contributed by atoms with E-state index in [1.165, 1.54) is 11.3 Å². The van der Waals surface area contributed by atoms with Crippen molar-refractivity contribution in [2.45, 2.75) is 0 Å². The molecule has 1 heterocycles. The molecule has 7 heteroatoms. The molecule has 0 saturated heterocycles. The van der Waals surface area contributed by atoms with Gasteiger partial charge in [-0.2, -0.15) is 0 Å². The third kappa shape index (κ3) is 2.90. The van der Waals surface area contributed by atoms with E-state index >= 15 is 0 Å². The number of hydrogen-bond donors (Lipinski definition) is 0. The fraction of sp³-hybridized carbons (Fsp3) is 0. The first-order valence-electron chi connectivity index (χ1n) is 3.77. The Balaban J connectivity index is 2.24. The number of nitrogens with zero attached hydrogens (tertiary/aromatic N) is 2. The third-order valence-corrected chi connectivity index (χ3v) is 3.50. The molecule has 0 unspecified atom stereocenters. The summed E-state index contributed by atoms with van der Waals surface area (Å²) in [6.45, 7) is 0. The van der Waals surface area contributed by atoms with Crippen LogP contribution in [-0.2, 0) is 0 Å². The summed E-state index contributed by atoms with van der Waals surface area (Å²) in [4.78, 5) is 0. The van der Waals surface area contributed by atoms with Crippen molar-refractivity contribution >= 4 is 54.8 Å². The Labute approximate surface area is 112 Å². The second kappa shape index (κ2) is 4.78. The summed E-state index contributed by atoms with van der Waals surface area (Å²) in [5.41, 5.74) is 0. The van der Waals surface area contributed by atoms with Crippen molar-refractivity contribution in [2.24, 2.45) is 0 Å². The van der Waals surface area contributed by atoms with E-state index < -0.39 is 0 Å². The van der Waals surface area contributed by atoms with Crippen LogP contribution in [0, 0.1) is 0 Å². The fourth-order valence-corrected chi connectivity index (χ4v) is 2.53. The summed E-state index contributed by atoms with van der Waals surface area (Å²) in [7, 11) is 0. The minimum atomic E-state index is 0.450. The van der Waals surface area contributed by atoms with Crippen LogP contribution in [0.4, 0.5) is 0 Å². The van der Waals surface area contributed by atoms with E-state index in [4.69, 9.17) is 16.3 Å². The van der Waals surface area contributed by atoms with Crippen molar-refractivity contribution in [3.05, 3.63) is 31.6 Å². The van der Waals surface area contributed by atoms with Gasteiger partial charge in [0.1, 0.15) is 5.75 Å². The molecule has 2 rings (SSSR count). The minimum Gasteiger partial charge on any atom is -0.428 e. The van der Waals surface area contributed by atoms with Gasteiger partial charge < -0.3 is 4.74 Å². The third-order valence-electron chi connectivity index (χ3n) is 1.47. The molecule has 0 radical (unpaired) electrons. The van der Waals surface area contributed by atoms with Gasteiger partial charge in [-0.15, -0.1) is 5.10 Å². The van der Waals surface area contributed by atoms with Crippen LogP contribution < -0.4 is 4.74 Å². The zero-order valence-corrected chi connectivity index (χ0v) is 11.8. The van der Waals surface area contributed by atoms with Crippen molar-refractivity contribution in [3.8, 4) is 10.9 Å². The normalized spacial score (nSPS) is 10.3. The van der Waals surface area contributed by atoms with E-state index in [-0.39, 0.29) is 0 Å². The van der Waals surface area contributed by atoms with Gasteiger partial charge in [0.2, 0.25) is 0 Å². The zero-order chi connectivity index (χ0) is 10.8. The maximum Gasteiger partial charge on any atom is 0.300 e.